The highest BCUT2D eigenvalue weighted by molar-refractivity contribution is 5.92. The smallest absolute Gasteiger partial charge is 0.272 e. The highest BCUT2D eigenvalue weighted by Crippen LogP contribution is 2.39. The van der Waals surface area contributed by atoms with Gasteiger partial charge in [0.1, 0.15) is 11.8 Å². The molecule has 0 aliphatic heterocycles. The van der Waals surface area contributed by atoms with E-state index in [9.17, 15) is 9.90 Å². The minimum Gasteiger partial charge on any atom is -0.386 e. The maximum Gasteiger partial charge on any atom is 0.272 e. The number of aliphatic hydroxyl groups is 1. The average Bonchev–Trinajstić information content (AvgIpc) is 3.54. The van der Waals surface area contributed by atoms with Crippen molar-refractivity contribution in [3.05, 3.63) is 89.2 Å². The Morgan fingerprint density at radius 2 is 1.66 bits per heavy atom. The minimum absolute atomic E-state index is 0.279. The average molecular weight is 389 g/mol. The van der Waals surface area contributed by atoms with Crippen molar-refractivity contribution in [2.45, 2.75) is 44.9 Å². The summed E-state index contributed by atoms with van der Waals surface area (Å²) in [5, 5.41) is 18.6. The van der Waals surface area contributed by atoms with Gasteiger partial charge in [0, 0.05) is 5.69 Å². The highest BCUT2D eigenvalue weighted by Gasteiger charge is 2.31. The van der Waals surface area contributed by atoms with E-state index in [-0.39, 0.29) is 5.91 Å². The van der Waals surface area contributed by atoms with Crippen LogP contribution < -0.4 is 5.32 Å². The van der Waals surface area contributed by atoms with Gasteiger partial charge in [0.05, 0.1) is 12.1 Å². The van der Waals surface area contributed by atoms with Crippen molar-refractivity contribution in [2.75, 3.05) is 0 Å². The summed E-state index contributed by atoms with van der Waals surface area (Å²) in [6.07, 6.45) is 1.58. The number of benzene rings is 2. The standard InChI is InChI=1S/C24H27N3O2/c1-16-15-21(26-27(16)17(2)18-13-14-18)24(29)25-22(19-9-5-3-6-10-19)23(28)20-11-7-4-8-12-20/h3-12,15,17-18,22-23,28H,13-14H2,1-2H3,(H,25,29)/t17?,22-,23+/m0/s1. The molecule has 1 heterocycles. The van der Waals surface area contributed by atoms with Crippen molar-refractivity contribution >= 4 is 5.91 Å². The van der Waals surface area contributed by atoms with Gasteiger partial charge in [0.2, 0.25) is 0 Å². The summed E-state index contributed by atoms with van der Waals surface area (Å²) in [5.41, 5.74) is 2.97. The molecule has 4 rings (SSSR count). The van der Waals surface area contributed by atoms with E-state index in [1.807, 2.05) is 78.3 Å². The van der Waals surface area contributed by atoms with Crippen molar-refractivity contribution in [2.24, 2.45) is 5.92 Å². The van der Waals surface area contributed by atoms with Gasteiger partial charge in [-0.15, -0.1) is 0 Å². The number of carbonyl (C=O) groups excluding carboxylic acids is 1. The first-order valence-electron chi connectivity index (χ1n) is 10.2. The molecular weight excluding hydrogens is 362 g/mol. The van der Waals surface area contributed by atoms with Crippen molar-refractivity contribution < 1.29 is 9.90 Å². The van der Waals surface area contributed by atoms with E-state index in [2.05, 4.69) is 17.3 Å². The first kappa shape index (κ1) is 19.4. The molecule has 3 atom stereocenters. The van der Waals surface area contributed by atoms with Gasteiger partial charge >= 0.3 is 0 Å². The quantitative estimate of drug-likeness (QED) is 0.631. The van der Waals surface area contributed by atoms with Crippen molar-refractivity contribution in [3.8, 4) is 0 Å². The zero-order valence-corrected chi connectivity index (χ0v) is 16.8. The van der Waals surface area contributed by atoms with Crippen LogP contribution in [0.2, 0.25) is 0 Å². The normalized spacial score (nSPS) is 16.8. The second-order valence-corrected chi connectivity index (χ2v) is 7.91. The van der Waals surface area contributed by atoms with E-state index < -0.39 is 12.1 Å². The summed E-state index contributed by atoms with van der Waals surface area (Å²) < 4.78 is 1.96. The van der Waals surface area contributed by atoms with Crippen LogP contribution in [0.25, 0.3) is 0 Å². The molecule has 1 saturated carbocycles. The Labute approximate surface area is 171 Å². The third-order valence-electron chi connectivity index (χ3n) is 5.75. The van der Waals surface area contributed by atoms with Gasteiger partial charge in [0.25, 0.3) is 5.91 Å². The van der Waals surface area contributed by atoms with E-state index >= 15 is 0 Å². The maximum absolute atomic E-state index is 13.0. The molecule has 150 valence electrons. The number of aliphatic hydroxyl groups excluding tert-OH is 1. The van der Waals surface area contributed by atoms with Crippen LogP contribution in [0.3, 0.4) is 0 Å². The molecule has 1 unspecified atom stereocenters. The lowest BCUT2D eigenvalue weighted by molar-refractivity contribution is 0.0825. The molecule has 1 fully saturated rings. The van der Waals surface area contributed by atoms with Crippen LogP contribution >= 0.6 is 0 Å². The minimum atomic E-state index is -0.865. The molecular formula is C24H27N3O2. The lowest BCUT2D eigenvalue weighted by Crippen LogP contribution is -2.33. The molecule has 2 aromatic carbocycles. The molecule has 1 aromatic heterocycles. The lowest BCUT2D eigenvalue weighted by atomic mass is 9.95. The van der Waals surface area contributed by atoms with Gasteiger partial charge in [-0.25, -0.2) is 0 Å². The van der Waals surface area contributed by atoms with Gasteiger partial charge in [-0.3, -0.25) is 9.48 Å². The SMILES string of the molecule is Cc1cc(C(=O)N[C@@H](c2ccccc2)[C@H](O)c2ccccc2)nn1C(C)C1CC1. The van der Waals surface area contributed by atoms with Crippen LogP contribution in [-0.2, 0) is 0 Å². The fourth-order valence-corrected chi connectivity index (χ4v) is 3.85. The third kappa shape index (κ3) is 4.25. The molecule has 5 nitrogen and oxygen atoms in total. The predicted octanol–water partition coefficient (Wildman–Crippen LogP) is 4.37. The molecule has 5 heteroatoms. The topological polar surface area (TPSA) is 67.2 Å². The fourth-order valence-electron chi connectivity index (χ4n) is 3.85. The zero-order valence-electron chi connectivity index (χ0n) is 16.8. The van der Waals surface area contributed by atoms with Crippen LogP contribution in [0.5, 0.6) is 0 Å². The van der Waals surface area contributed by atoms with Gasteiger partial charge in [-0.1, -0.05) is 60.7 Å². The molecule has 1 aliphatic carbocycles. The third-order valence-corrected chi connectivity index (χ3v) is 5.75. The molecule has 29 heavy (non-hydrogen) atoms. The highest BCUT2D eigenvalue weighted by atomic mass is 16.3. The van der Waals surface area contributed by atoms with Crippen LogP contribution in [0.15, 0.2) is 66.7 Å². The Morgan fingerprint density at radius 3 is 2.24 bits per heavy atom. The van der Waals surface area contributed by atoms with Crippen molar-refractivity contribution in [1.82, 2.24) is 15.1 Å². The van der Waals surface area contributed by atoms with E-state index in [1.165, 1.54) is 12.8 Å². The summed E-state index contributed by atoms with van der Waals surface area (Å²) in [4.78, 5) is 13.0. The molecule has 1 aliphatic rings. The predicted molar refractivity (Wildman–Crippen MR) is 112 cm³/mol. The second kappa shape index (κ2) is 8.21. The Hall–Kier alpha value is -2.92. The summed E-state index contributed by atoms with van der Waals surface area (Å²) in [6, 6.07) is 20.5. The largest absolute Gasteiger partial charge is 0.386 e. The van der Waals surface area contributed by atoms with Crippen LogP contribution in [0.1, 0.15) is 65.3 Å². The summed E-state index contributed by atoms with van der Waals surface area (Å²) in [7, 11) is 0. The lowest BCUT2D eigenvalue weighted by Gasteiger charge is -2.24. The van der Waals surface area contributed by atoms with E-state index in [1.54, 1.807) is 0 Å². The second-order valence-electron chi connectivity index (χ2n) is 7.91. The number of aryl methyl sites for hydroxylation is 1. The number of amides is 1. The Morgan fingerprint density at radius 1 is 1.07 bits per heavy atom. The van der Waals surface area contributed by atoms with E-state index in [4.69, 9.17) is 0 Å². The molecule has 0 spiro atoms. The van der Waals surface area contributed by atoms with Crippen molar-refractivity contribution in [3.63, 3.8) is 0 Å². The molecule has 0 bridgehead atoms. The van der Waals surface area contributed by atoms with Gasteiger partial charge in [-0.2, -0.15) is 5.10 Å². The number of carbonyl (C=O) groups is 1. The Kier molecular flexibility index (Phi) is 5.49. The molecule has 1 amide bonds. The summed E-state index contributed by atoms with van der Waals surface area (Å²) in [6.45, 7) is 4.14. The van der Waals surface area contributed by atoms with Gasteiger partial charge in [0.15, 0.2) is 0 Å². The fraction of sp³-hybridized carbons (Fsp3) is 0.333. The maximum atomic E-state index is 13.0. The van der Waals surface area contributed by atoms with Crippen LogP contribution in [0.4, 0.5) is 0 Å². The van der Waals surface area contributed by atoms with Crippen LogP contribution in [0, 0.1) is 12.8 Å². The first-order chi connectivity index (χ1) is 14.0. The van der Waals surface area contributed by atoms with E-state index in [0.29, 0.717) is 17.7 Å². The number of nitrogens with zero attached hydrogens (tertiary/aromatic N) is 2. The van der Waals surface area contributed by atoms with Gasteiger partial charge in [-0.05, 0) is 49.8 Å². The van der Waals surface area contributed by atoms with Crippen LogP contribution in [-0.4, -0.2) is 20.8 Å². The molecule has 0 saturated heterocycles. The van der Waals surface area contributed by atoms with Gasteiger partial charge < -0.3 is 10.4 Å². The molecule has 3 aromatic rings. The number of hydrogen-bond donors (Lipinski definition) is 2. The summed E-state index contributed by atoms with van der Waals surface area (Å²) in [5.74, 6) is 0.375. The number of aromatic nitrogens is 2. The number of nitrogens with one attached hydrogen (secondary N) is 1. The molecule has 0 radical (unpaired) electrons. The Balaban J connectivity index is 1.59. The number of hydrogen-bond acceptors (Lipinski definition) is 3. The molecule has 2 N–H and O–H groups in total. The monoisotopic (exact) mass is 389 g/mol. The summed E-state index contributed by atoms with van der Waals surface area (Å²) >= 11 is 0. The first-order valence-corrected chi connectivity index (χ1v) is 10.2. The number of rotatable bonds is 7. The zero-order chi connectivity index (χ0) is 20.4. The van der Waals surface area contributed by atoms with E-state index in [0.717, 1.165) is 16.8 Å². The van der Waals surface area contributed by atoms with Crippen molar-refractivity contribution in [1.29, 1.82) is 0 Å². The Bertz CT molecular complexity index is 964.